The van der Waals surface area contributed by atoms with Crippen LogP contribution in [-0.4, -0.2) is 8.42 Å². The van der Waals surface area contributed by atoms with Gasteiger partial charge in [0.05, 0.1) is 10.7 Å². The third-order valence-electron chi connectivity index (χ3n) is 2.40. The molecule has 0 bridgehead atoms. The monoisotopic (exact) mass is 350 g/mol. The van der Waals surface area contributed by atoms with E-state index < -0.39 is 10.0 Å². The lowest BCUT2D eigenvalue weighted by molar-refractivity contribution is 0.601. The summed E-state index contributed by atoms with van der Waals surface area (Å²) in [5, 5.41) is 0.714. The SMILES string of the molecule is Nc1cc(Cl)cc(Cl)c1S(=O)(=O)Nc1ccc(Cl)cc1. The van der Waals surface area contributed by atoms with Gasteiger partial charge in [-0.25, -0.2) is 8.42 Å². The van der Waals surface area contributed by atoms with Crippen molar-refractivity contribution in [3.05, 3.63) is 51.5 Å². The van der Waals surface area contributed by atoms with Crippen molar-refractivity contribution < 1.29 is 8.42 Å². The Balaban J connectivity index is 2.43. The minimum atomic E-state index is -3.91. The maximum absolute atomic E-state index is 12.3. The fourth-order valence-electron chi connectivity index (χ4n) is 1.59. The van der Waals surface area contributed by atoms with Crippen LogP contribution in [0.3, 0.4) is 0 Å². The first kappa shape index (κ1) is 15.3. The summed E-state index contributed by atoms with van der Waals surface area (Å²) in [5.74, 6) is 0. The first-order valence-electron chi connectivity index (χ1n) is 5.32. The third kappa shape index (κ3) is 3.30. The van der Waals surface area contributed by atoms with Gasteiger partial charge in [-0.05, 0) is 36.4 Å². The highest BCUT2D eigenvalue weighted by atomic mass is 35.5. The summed E-state index contributed by atoms with van der Waals surface area (Å²) >= 11 is 17.4. The predicted octanol–water partition coefficient (Wildman–Crippen LogP) is 4.03. The van der Waals surface area contributed by atoms with Crippen LogP contribution in [0.1, 0.15) is 0 Å². The molecular weight excluding hydrogens is 343 g/mol. The van der Waals surface area contributed by atoms with Crippen molar-refractivity contribution in [3.8, 4) is 0 Å². The van der Waals surface area contributed by atoms with Gasteiger partial charge in [0.25, 0.3) is 10.0 Å². The van der Waals surface area contributed by atoms with E-state index in [-0.39, 0.29) is 20.6 Å². The van der Waals surface area contributed by atoms with Gasteiger partial charge in [-0.15, -0.1) is 0 Å². The summed E-state index contributed by atoms with van der Waals surface area (Å²) in [6.07, 6.45) is 0. The van der Waals surface area contributed by atoms with Gasteiger partial charge in [0.15, 0.2) is 0 Å². The van der Waals surface area contributed by atoms with Gasteiger partial charge >= 0.3 is 0 Å². The Morgan fingerprint density at radius 2 is 1.55 bits per heavy atom. The second-order valence-corrected chi connectivity index (χ2v) is 6.82. The van der Waals surface area contributed by atoms with Crippen molar-refractivity contribution >= 4 is 56.2 Å². The van der Waals surface area contributed by atoms with Crippen LogP contribution in [0, 0.1) is 0 Å². The number of sulfonamides is 1. The van der Waals surface area contributed by atoms with E-state index in [1.54, 1.807) is 12.1 Å². The second-order valence-electron chi connectivity index (χ2n) is 3.92. The van der Waals surface area contributed by atoms with E-state index in [1.807, 2.05) is 0 Å². The van der Waals surface area contributed by atoms with Crippen molar-refractivity contribution in [3.63, 3.8) is 0 Å². The van der Waals surface area contributed by atoms with Crippen LogP contribution >= 0.6 is 34.8 Å². The predicted molar refractivity (Wildman–Crippen MR) is 83.1 cm³/mol. The zero-order valence-corrected chi connectivity index (χ0v) is 13.0. The van der Waals surface area contributed by atoms with Crippen molar-refractivity contribution in [2.24, 2.45) is 0 Å². The minimum absolute atomic E-state index is 0.0241. The maximum atomic E-state index is 12.3. The Morgan fingerprint density at radius 1 is 0.950 bits per heavy atom. The quantitative estimate of drug-likeness (QED) is 0.820. The highest BCUT2D eigenvalue weighted by Gasteiger charge is 2.22. The van der Waals surface area contributed by atoms with E-state index in [2.05, 4.69) is 4.72 Å². The van der Waals surface area contributed by atoms with E-state index in [4.69, 9.17) is 40.5 Å². The molecule has 0 aromatic heterocycles. The molecule has 4 nitrogen and oxygen atoms in total. The van der Waals surface area contributed by atoms with Crippen LogP contribution in [0.4, 0.5) is 11.4 Å². The number of anilines is 2. The van der Waals surface area contributed by atoms with Gasteiger partial charge in [-0.3, -0.25) is 4.72 Å². The zero-order valence-electron chi connectivity index (χ0n) is 9.90. The molecular formula is C12H9Cl3N2O2S. The van der Waals surface area contributed by atoms with E-state index in [1.165, 1.54) is 24.3 Å². The Hall–Kier alpha value is -1.14. The van der Waals surface area contributed by atoms with Gasteiger partial charge in [0, 0.05) is 15.7 Å². The number of hydrogen-bond donors (Lipinski definition) is 2. The molecule has 0 fully saturated rings. The summed E-state index contributed by atoms with van der Waals surface area (Å²) in [7, 11) is -3.91. The number of nitrogens with two attached hydrogens (primary N) is 1. The van der Waals surface area contributed by atoms with Gasteiger partial charge in [0.2, 0.25) is 0 Å². The number of nitrogens with one attached hydrogen (secondary N) is 1. The molecule has 0 atom stereocenters. The smallest absolute Gasteiger partial charge is 0.265 e. The van der Waals surface area contributed by atoms with E-state index in [0.717, 1.165) is 0 Å². The molecule has 2 aromatic carbocycles. The van der Waals surface area contributed by atoms with Gasteiger partial charge < -0.3 is 5.73 Å². The molecule has 0 saturated carbocycles. The van der Waals surface area contributed by atoms with Gasteiger partial charge in [0.1, 0.15) is 4.90 Å². The standard InChI is InChI=1S/C12H9Cl3N2O2S/c13-7-1-3-9(4-2-7)17-20(18,19)12-10(15)5-8(14)6-11(12)16/h1-6,17H,16H2. The zero-order chi connectivity index (χ0) is 14.9. The molecule has 20 heavy (non-hydrogen) atoms. The molecule has 2 aromatic rings. The molecule has 0 heterocycles. The number of halogens is 3. The van der Waals surface area contributed by atoms with Crippen molar-refractivity contribution in [2.75, 3.05) is 10.5 Å². The van der Waals surface area contributed by atoms with Crippen molar-refractivity contribution in [1.29, 1.82) is 0 Å². The van der Waals surface area contributed by atoms with Crippen LogP contribution in [0.5, 0.6) is 0 Å². The summed E-state index contributed by atoms with van der Waals surface area (Å²) in [6, 6.07) is 8.82. The molecule has 2 rings (SSSR count). The van der Waals surface area contributed by atoms with Crippen LogP contribution in [-0.2, 0) is 10.0 Å². The molecule has 0 spiro atoms. The molecule has 0 radical (unpaired) electrons. The van der Waals surface area contributed by atoms with E-state index in [9.17, 15) is 8.42 Å². The summed E-state index contributed by atoms with van der Waals surface area (Å²) < 4.78 is 26.9. The third-order valence-corrected chi connectivity index (χ3v) is 4.78. The molecule has 0 saturated heterocycles. The first-order valence-corrected chi connectivity index (χ1v) is 7.94. The lowest BCUT2D eigenvalue weighted by atomic mass is 10.3. The van der Waals surface area contributed by atoms with Crippen LogP contribution < -0.4 is 10.5 Å². The van der Waals surface area contributed by atoms with Crippen LogP contribution in [0.25, 0.3) is 0 Å². The summed E-state index contributed by atoms with van der Waals surface area (Å²) in [4.78, 5) is -0.210. The summed E-state index contributed by atoms with van der Waals surface area (Å²) in [5.41, 5.74) is 6.00. The molecule has 0 aliphatic heterocycles. The number of rotatable bonds is 3. The fourth-order valence-corrected chi connectivity index (χ4v) is 3.76. The average Bonchev–Trinajstić information content (AvgIpc) is 2.30. The highest BCUT2D eigenvalue weighted by molar-refractivity contribution is 7.93. The molecule has 0 amide bonds. The topological polar surface area (TPSA) is 72.2 Å². The maximum Gasteiger partial charge on any atom is 0.265 e. The lowest BCUT2D eigenvalue weighted by Gasteiger charge is -2.12. The Kier molecular flexibility index (Phi) is 4.34. The molecule has 8 heteroatoms. The molecule has 0 unspecified atom stereocenters. The number of nitrogen functional groups attached to an aromatic ring is 1. The normalized spacial score (nSPS) is 11.3. The largest absolute Gasteiger partial charge is 0.398 e. The number of benzene rings is 2. The number of hydrogen-bond acceptors (Lipinski definition) is 3. The van der Waals surface area contributed by atoms with Crippen LogP contribution in [0.15, 0.2) is 41.3 Å². The Bertz CT molecular complexity index is 723. The first-order chi connectivity index (χ1) is 9.29. The lowest BCUT2D eigenvalue weighted by Crippen LogP contribution is -2.15. The average molecular weight is 352 g/mol. The highest BCUT2D eigenvalue weighted by Crippen LogP contribution is 2.32. The molecule has 0 aliphatic rings. The van der Waals surface area contributed by atoms with E-state index in [0.29, 0.717) is 10.7 Å². The second kappa shape index (κ2) is 5.69. The minimum Gasteiger partial charge on any atom is -0.398 e. The molecule has 3 N–H and O–H groups in total. The van der Waals surface area contributed by atoms with Crippen molar-refractivity contribution in [1.82, 2.24) is 0 Å². The van der Waals surface area contributed by atoms with Gasteiger partial charge in [-0.2, -0.15) is 0 Å². The summed E-state index contributed by atoms with van der Waals surface area (Å²) in [6.45, 7) is 0. The molecule has 106 valence electrons. The van der Waals surface area contributed by atoms with E-state index >= 15 is 0 Å². The fraction of sp³-hybridized carbons (Fsp3) is 0. The van der Waals surface area contributed by atoms with Gasteiger partial charge in [-0.1, -0.05) is 34.8 Å². The van der Waals surface area contributed by atoms with Crippen LogP contribution in [0.2, 0.25) is 15.1 Å². The molecule has 0 aliphatic carbocycles. The Morgan fingerprint density at radius 3 is 2.10 bits per heavy atom. The Labute approximate surface area is 131 Å². The van der Waals surface area contributed by atoms with Crippen molar-refractivity contribution in [2.45, 2.75) is 4.90 Å².